The molecule has 0 saturated carbocycles. The number of carbonyl (C=O) groups excluding carboxylic acids is 3. The third kappa shape index (κ3) is 10.1. The third-order valence-corrected chi connectivity index (χ3v) is 7.48. The van der Waals surface area contributed by atoms with Gasteiger partial charge in [-0.05, 0) is 55.7 Å². The van der Waals surface area contributed by atoms with E-state index < -0.39 is 59.4 Å². The predicted octanol–water partition coefficient (Wildman–Crippen LogP) is 5.56. The van der Waals surface area contributed by atoms with Crippen molar-refractivity contribution in [3.8, 4) is 11.5 Å². The van der Waals surface area contributed by atoms with E-state index in [-0.39, 0.29) is 29.9 Å². The van der Waals surface area contributed by atoms with Crippen molar-refractivity contribution in [3.05, 3.63) is 23.8 Å². The van der Waals surface area contributed by atoms with Crippen LogP contribution in [0, 0.1) is 29.6 Å². The summed E-state index contributed by atoms with van der Waals surface area (Å²) < 4.78 is 21.9. The van der Waals surface area contributed by atoms with Crippen molar-refractivity contribution in [1.29, 1.82) is 0 Å². The maximum absolute atomic E-state index is 12.9. The number of aliphatic carboxylic acids is 1. The van der Waals surface area contributed by atoms with E-state index in [2.05, 4.69) is 0 Å². The molecule has 226 valence electrons. The lowest BCUT2D eigenvalue weighted by atomic mass is 9.82. The molecule has 0 amide bonds. The van der Waals surface area contributed by atoms with E-state index in [9.17, 15) is 24.3 Å². The van der Waals surface area contributed by atoms with Crippen LogP contribution in [0.3, 0.4) is 0 Å². The van der Waals surface area contributed by atoms with Crippen molar-refractivity contribution in [3.63, 3.8) is 0 Å². The fourth-order valence-electron chi connectivity index (χ4n) is 3.52. The second kappa shape index (κ2) is 15.0. The zero-order valence-electron chi connectivity index (χ0n) is 25.5. The van der Waals surface area contributed by atoms with E-state index in [0.717, 1.165) is 0 Å². The molecule has 3 N–H and O–H groups in total. The molecule has 1 aromatic carbocycles. The van der Waals surface area contributed by atoms with Crippen molar-refractivity contribution in [1.82, 2.24) is 0 Å². The van der Waals surface area contributed by atoms with Crippen LogP contribution in [0.5, 0.6) is 11.5 Å². The first kappa shape index (κ1) is 34.9. The fourth-order valence-corrected chi connectivity index (χ4v) is 3.52. The van der Waals surface area contributed by atoms with Gasteiger partial charge >= 0.3 is 24.1 Å². The number of carboxylic acids is 1. The highest BCUT2D eigenvalue weighted by Crippen LogP contribution is 2.37. The highest BCUT2D eigenvalue weighted by molar-refractivity contribution is 5.79. The molecule has 0 aliphatic heterocycles. The first-order chi connectivity index (χ1) is 18.4. The molecule has 5 atom stereocenters. The Labute approximate surface area is 237 Å². The monoisotopic (exact) mass is 565 g/mol. The number of ether oxygens (including phenoxy) is 4. The van der Waals surface area contributed by atoms with Gasteiger partial charge in [-0.15, -0.1) is 0 Å². The van der Waals surface area contributed by atoms with Crippen molar-refractivity contribution < 1.29 is 43.2 Å². The normalized spacial score (nSPS) is 15.5. The maximum atomic E-state index is 12.9. The Morgan fingerprint density at radius 1 is 0.875 bits per heavy atom. The molecule has 10 heteroatoms. The standard InChI is InChI=1S/C30H47NO9/c1-11-30(9,10)40-29(36)37-15-18(6)24(25(31)26(32)33)21-12-13-22(38-27(34)19(7)16(2)3)23(14-21)39-28(35)20(8)17(4)5/h12-14,16-20,24-25H,11,15,31H2,1-10H3,(H,32,33)/t18?,19?,20?,24?,25-/m0/s1. The van der Waals surface area contributed by atoms with Crippen LogP contribution in [0.2, 0.25) is 0 Å². The highest BCUT2D eigenvalue weighted by Gasteiger charge is 2.34. The van der Waals surface area contributed by atoms with E-state index in [4.69, 9.17) is 24.7 Å². The second-order valence-electron chi connectivity index (χ2n) is 11.8. The molecule has 1 rings (SSSR count). The summed E-state index contributed by atoms with van der Waals surface area (Å²) in [6, 6.07) is 3.09. The van der Waals surface area contributed by atoms with E-state index in [1.165, 1.54) is 12.1 Å². The Bertz CT molecular complexity index is 1030. The number of carbonyl (C=O) groups is 4. The van der Waals surface area contributed by atoms with Crippen LogP contribution < -0.4 is 15.2 Å². The van der Waals surface area contributed by atoms with E-state index in [1.54, 1.807) is 40.7 Å². The Morgan fingerprint density at radius 2 is 1.38 bits per heavy atom. The van der Waals surface area contributed by atoms with Crippen molar-refractivity contribution in [2.75, 3.05) is 6.61 Å². The van der Waals surface area contributed by atoms with Gasteiger partial charge in [0.15, 0.2) is 11.5 Å². The van der Waals surface area contributed by atoms with Gasteiger partial charge in [-0.1, -0.05) is 61.5 Å². The average molecular weight is 566 g/mol. The van der Waals surface area contributed by atoms with Gasteiger partial charge in [-0.2, -0.15) is 0 Å². The number of hydrogen-bond donors (Lipinski definition) is 2. The predicted molar refractivity (Wildman–Crippen MR) is 150 cm³/mol. The Hall–Kier alpha value is -3.14. The third-order valence-electron chi connectivity index (χ3n) is 7.48. The van der Waals surface area contributed by atoms with E-state index in [1.807, 2.05) is 34.6 Å². The first-order valence-corrected chi connectivity index (χ1v) is 13.8. The van der Waals surface area contributed by atoms with Gasteiger partial charge in [0.2, 0.25) is 0 Å². The number of nitrogens with two attached hydrogens (primary N) is 1. The summed E-state index contributed by atoms with van der Waals surface area (Å²) in [7, 11) is 0. The zero-order chi connectivity index (χ0) is 30.9. The van der Waals surface area contributed by atoms with Crippen molar-refractivity contribution in [2.45, 2.75) is 93.2 Å². The van der Waals surface area contributed by atoms with Crippen LogP contribution in [-0.4, -0.2) is 47.4 Å². The summed E-state index contributed by atoms with van der Waals surface area (Å²) in [6.07, 6.45) is -0.298. The zero-order valence-corrected chi connectivity index (χ0v) is 25.5. The molecular weight excluding hydrogens is 518 g/mol. The van der Waals surface area contributed by atoms with Gasteiger partial charge in [0.05, 0.1) is 18.4 Å². The van der Waals surface area contributed by atoms with Crippen LogP contribution in [-0.2, 0) is 23.9 Å². The summed E-state index contributed by atoms with van der Waals surface area (Å²) in [5.74, 6) is -4.58. The summed E-state index contributed by atoms with van der Waals surface area (Å²) in [4.78, 5) is 49.7. The van der Waals surface area contributed by atoms with Crippen molar-refractivity contribution in [2.24, 2.45) is 35.3 Å². The van der Waals surface area contributed by atoms with Crippen LogP contribution in [0.4, 0.5) is 4.79 Å². The lowest BCUT2D eigenvalue weighted by Crippen LogP contribution is -2.41. The summed E-state index contributed by atoms with van der Waals surface area (Å²) in [6.45, 7) is 17.9. The van der Waals surface area contributed by atoms with Crippen LogP contribution in [0.1, 0.15) is 87.1 Å². The molecule has 0 fully saturated rings. The number of rotatable bonds is 14. The van der Waals surface area contributed by atoms with Crippen LogP contribution in [0.15, 0.2) is 18.2 Å². The van der Waals surface area contributed by atoms with Gasteiger partial charge < -0.3 is 29.8 Å². The Kier molecular flexibility index (Phi) is 13.1. The molecular formula is C30H47NO9. The summed E-state index contributed by atoms with van der Waals surface area (Å²) in [5.41, 5.74) is 5.78. The minimum atomic E-state index is -1.38. The largest absolute Gasteiger partial charge is 0.508 e. The second-order valence-corrected chi connectivity index (χ2v) is 11.8. The smallest absolute Gasteiger partial charge is 0.480 e. The lowest BCUT2D eigenvalue weighted by molar-refractivity contribution is -0.142. The highest BCUT2D eigenvalue weighted by atomic mass is 16.7. The maximum Gasteiger partial charge on any atom is 0.508 e. The Morgan fingerprint density at radius 3 is 1.82 bits per heavy atom. The molecule has 0 bridgehead atoms. The number of benzene rings is 1. The SMILES string of the molecule is CCC(C)(C)OC(=O)OCC(C)C(c1ccc(OC(=O)C(C)C(C)C)c(OC(=O)C(C)C(C)C)c1)[C@H](N)C(=O)O. The number of esters is 2. The molecule has 1 aromatic rings. The van der Waals surface area contributed by atoms with Gasteiger partial charge in [-0.25, -0.2) is 4.79 Å². The lowest BCUT2D eigenvalue weighted by Gasteiger charge is -2.29. The van der Waals surface area contributed by atoms with Gasteiger partial charge in [0.25, 0.3) is 0 Å². The molecule has 4 unspecified atom stereocenters. The molecule has 10 nitrogen and oxygen atoms in total. The minimum absolute atomic E-state index is 0.00885. The number of carboxylic acid groups (broad SMARTS) is 1. The molecule has 0 saturated heterocycles. The molecule has 40 heavy (non-hydrogen) atoms. The quantitative estimate of drug-likeness (QED) is 0.217. The van der Waals surface area contributed by atoms with Crippen LogP contribution >= 0.6 is 0 Å². The van der Waals surface area contributed by atoms with Gasteiger partial charge in [0.1, 0.15) is 11.6 Å². The summed E-state index contributed by atoms with van der Waals surface area (Å²) in [5, 5.41) is 9.75. The van der Waals surface area contributed by atoms with Gasteiger partial charge in [-0.3, -0.25) is 14.4 Å². The minimum Gasteiger partial charge on any atom is -0.480 e. The van der Waals surface area contributed by atoms with Gasteiger partial charge in [0, 0.05) is 5.92 Å². The fraction of sp³-hybridized carbons (Fsp3) is 0.667. The molecule has 0 aliphatic rings. The molecule has 0 radical (unpaired) electrons. The molecule has 0 spiro atoms. The number of hydrogen-bond acceptors (Lipinski definition) is 9. The molecule has 0 aromatic heterocycles. The van der Waals surface area contributed by atoms with E-state index in [0.29, 0.717) is 12.0 Å². The van der Waals surface area contributed by atoms with E-state index >= 15 is 0 Å². The average Bonchev–Trinajstić information content (AvgIpc) is 2.87. The molecule has 0 heterocycles. The Balaban J connectivity index is 3.44. The van der Waals surface area contributed by atoms with Crippen LogP contribution in [0.25, 0.3) is 0 Å². The molecule has 0 aliphatic carbocycles. The van der Waals surface area contributed by atoms with Crippen molar-refractivity contribution >= 4 is 24.1 Å². The topological polar surface area (TPSA) is 151 Å². The first-order valence-electron chi connectivity index (χ1n) is 13.8. The summed E-state index contributed by atoms with van der Waals surface area (Å²) >= 11 is 0.